The molecule has 0 amide bonds. The predicted molar refractivity (Wildman–Crippen MR) is 101 cm³/mol. The summed E-state index contributed by atoms with van der Waals surface area (Å²) in [6.45, 7) is 8.71. The van der Waals surface area contributed by atoms with Crippen LogP contribution >= 0.6 is 0 Å². The summed E-state index contributed by atoms with van der Waals surface area (Å²) < 4.78 is 21.5. The Balaban J connectivity index is 3.09. The van der Waals surface area contributed by atoms with Crippen LogP contribution < -0.4 is 0 Å². The first-order valence-electron chi connectivity index (χ1n) is 10.2. The molecule has 0 aliphatic carbocycles. The third-order valence-corrected chi connectivity index (χ3v) is 3.82. The summed E-state index contributed by atoms with van der Waals surface area (Å²) in [5, 5.41) is 0. The van der Waals surface area contributed by atoms with Crippen LogP contribution in [0.2, 0.25) is 0 Å². The van der Waals surface area contributed by atoms with Crippen LogP contribution in [0.15, 0.2) is 0 Å². The zero-order valence-corrected chi connectivity index (χ0v) is 16.6. The molecule has 5 heteroatoms. The van der Waals surface area contributed by atoms with Gasteiger partial charge in [0.05, 0.1) is 33.0 Å². The molecule has 0 aliphatic rings. The lowest BCUT2D eigenvalue weighted by atomic mass is 10.2. The van der Waals surface area contributed by atoms with E-state index < -0.39 is 0 Å². The van der Waals surface area contributed by atoms with Gasteiger partial charge in [0, 0.05) is 19.6 Å². The predicted octanol–water partition coefficient (Wildman–Crippen LogP) is 4.52. The second-order valence-electron chi connectivity index (χ2n) is 6.28. The van der Waals surface area contributed by atoms with Crippen LogP contribution in [0.5, 0.6) is 0 Å². The Kier molecular flexibility index (Phi) is 20.8. The molecule has 0 spiro atoms. The highest BCUT2D eigenvalue weighted by Crippen LogP contribution is 2.01. The van der Waals surface area contributed by atoms with Crippen LogP contribution in [-0.2, 0) is 23.7 Å². The van der Waals surface area contributed by atoms with Gasteiger partial charge in [-0.3, -0.25) is 4.79 Å². The number of ether oxygens (including phenoxy) is 4. The van der Waals surface area contributed by atoms with E-state index in [1.54, 1.807) is 0 Å². The van der Waals surface area contributed by atoms with Gasteiger partial charge in [0.1, 0.15) is 0 Å². The van der Waals surface area contributed by atoms with E-state index in [0.29, 0.717) is 52.5 Å². The van der Waals surface area contributed by atoms with Gasteiger partial charge in [-0.1, -0.05) is 52.4 Å². The monoisotopic (exact) mass is 360 g/mol. The van der Waals surface area contributed by atoms with Gasteiger partial charge in [0.25, 0.3) is 0 Å². The molecule has 0 unspecified atom stereocenters. The van der Waals surface area contributed by atoms with Crippen molar-refractivity contribution in [2.75, 3.05) is 46.2 Å². The topological polar surface area (TPSA) is 54.0 Å². The van der Waals surface area contributed by atoms with Crippen molar-refractivity contribution in [3.8, 4) is 0 Å². The Bertz CT molecular complexity index is 271. The molecule has 0 aliphatic heterocycles. The minimum Gasteiger partial charge on any atom is -0.466 e. The van der Waals surface area contributed by atoms with E-state index in [-0.39, 0.29) is 5.97 Å². The summed E-state index contributed by atoms with van der Waals surface area (Å²) >= 11 is 0. The molecule has 0 N–H and O–H groups in total. The van der Waals surface area contributed by atoms with Gasteiger partial charge in [-0.15, -0.1) is 0 Å². The van der Waals surface area contributed by atoms with Gasteiger partial charge in [-0.25, -0.2) is 0 Å². The lowest BCUT2D eigenvalue weighted by Crippen LogP contribution is -2.11. The van der Waals surface area contributed by atoms with E-state index in [1.165, 1.54) is 32.1 Å². The maximum atomic E-state index is 11.5. The number of hydrogen-bond donors (Lipinski definition) is 0. The first-order valence-corrected chi connectivity index (χ1v) is 10.2. The van der Waals surface area contributed by atoms with Crippen LogP contribution in [-0.4, -0.2) is 52.2 Å². The van der Waals surface area contributed by atoms with Crippen molar-refractivity contribution in [1.29, 1.82) is 0 Å². The Morgan fingerprint density at radius 3 is 1.60 bits per heavy atom. The van der Waals surface area contributed by atoms with E-state index in [9.17, 15) is 4.79 Å². The zero-order valence-electron chi connectivity index (χ0n) is 16.6. The summed E-state index contributed by atoms with van der Waals surface area (Å²) in [6, 6.07) is 0. The molecule has 0 aromatic heterocycles. The minimum absolute atomic E-state index is 0.118. The molecule has 150 valence electrons. The van der Waals surface area contributed by atoms with E-state index >= 15 is 0 Å². The molecule has 25 heavy (non-hydrogen) atoms. The summed E-state index contributed by atoms with van der Waals surface area (Å²) in [5.74, 6) is -0.118. The molecule has 0 bridgehead atoms. The van der Waals surface area contributed by atoms with Crippen LogP contribution in [0.4, 0.5) is 0 Å². The van der Waals surface area contributed by atoms with Gasteiger partial charge >= 0.3 is 5.97 Å². The highest BCUT2D eigenvalue weighted by Gasteiger charge is 2.02. The number of rotatable bonds is 20. The van der Waals surface area contributed by atoms with Gasteiger partial charge in [0.2, 0.25) is 0 Å². The van der Waals surface area contributed by atoms with Crippen molar-refractivity contribution in [3.63, 3.8) is 0 Å². The van der Waals surface area contributed by atoms with E-state index in [4.69, 9.17) is 18.9 Å². The van der Waals surface area contributed by atoms with Crippen LogP contribution in [0.1, 0.15) is 78.1 Å². The van der Waals surface area contributed by atoms with E-state index in [2.05, 4.69) is 13.8 Å². The molecular formula is C20H40O5. The fourth-order valence-electron chi connectivity index (χ4n) is 2.28. The van der Waals surface area contributed by atoms with Crippen molar-refractivity contribution < 1.29 is 23.7 Å². The zero-order chi connectivity index (χ0) is 18.4. The fraction of sp³-hybridized carbons (Fsp3) is 0.950. The summed E-state index contributed by atoms with van der Waals surface area (Å²) in [5.41, 5.74) is 0. The van der Waals surface area contributed by atoms with Crippen molar-refractivity contribution in [1.82, 2.24) is 0 Å². The normalized spacial score (nSPS) is 11.0. The quantitative estimate of drug-likeness (QED) is 0.236. The third-order valence-electron chi connectivity index (χ3n) is 3.82. The number of carbonyl (C=O) groups is 1. The lowest BCUT2D eigenvalue weighted by Gasteiger charge is -2.07. The maximum absolute atomic E-state index is 11.5. The lowest BCUT2D eigenvalue weighted by molar-refractivity contribution is -0.144. The first-order chi connectivity index (χ1) is 12.3. The van der Waals surface area contributed by atoms with Crippen molar-refractivity contribution >= 4 is 5.97 Å². The molecule has 0 saturated heterocycles. The second-order valence-corrected chi connectivity index (χ2v) is 6.28. The average molecular weight is 361 g/mol. The molecule has 0 rings (SSSR count). The highest BCUT2D eigenvalue weighted by molar-refractivity contribution is 5.69. The Morgan fingerprint density at radius 1 is 0.560 bits per heavy atom. The van der Waals surface area contributed by atoms with E-state index in [1.807, 2.05) is 0 Å². The summed E-state index contributed by atoms with van der Waals surface area (Å²) in [6.07, 6.45) is 10.6. The van der Waals surface area contributed by atoms with Crippen LogP contribution in [0.25, 0.3) is 0 Å². The number of carbonyl (C=O) groups excluding carboxylic acids is 1. The maximum Gasteiger partial charge on any atom is 0.305 e. The standard InChI is InChI=1S/C20H40O5/c1-3-5-7-9-13-22-16-18-24-19-17-23-14-11-12-20(21)25-15-10-8-6-4-2/h3-19H2,1-2H3. The Morgan fingerprint density at radius 2 is 1.04 bits per heavy atom. The minimum atomic E-state index is -0.118. The average Bonchev–Trinajstić information content (AvgIpc) is 2.62. The van der Waals surface area contributed by atoms with Crippen LogP contribution in [0, 0.1) is 0 Å². The fourth-order valence-corrected chi connectivity index (χ4v) is 2.28. The first kappa shape index (κ1) is 24.4. The SMILES string of the molecule is CCCCCCOCCOCCOCCCC(=O)OCCCCCC. The van der Waals surface area contributed by atoms with Crippen LogP contribution in [0.3, 0.4) is 0 Å². The molecule has 0 heterocycles. The second kappa shape index (κ2) is 21.4. The Labute approximate surface area is 154 Å². The molecule has 0 aromatic carbocycles. The molecule has 0 atom stereocenters. The summed E-state index contributed by atoms with van der Waals surface area (Å²) in [7, 11) is 0. The third kappa shape index (κ3) is 21.3. The van der Waals surface area contributed by atoms with Gasteiger partial charge in [0.15, 0.2) is 0 Å². The number of esters is 1. The Hall–Kier alpha value is -0.650. The van der Waals surface area contributed by atoms with E-state index in [0.717, 1.165) is 25.9 Å². The molecule has 5 nitrogen and oxygen atoms in total. The molecule has 0 radical (unpaired) electrons. The molecule has 0 aromatic rings. The van der Waals surface area contributed by atoms with Crippen molar-refractivity contribution in [2.45, 2.75) is 78.1 Å². The van der Waals surface area contributed by atoms with Gasteiger partial charge < -0.3 is 18.9 Å². The van der Waals surface area contributed by atoms with Crippen molar-refractivity contribution in [3.05, 3.63) is 0 Å². The molecular weight excluding hydrogens is 320 g/mol. The van der Waals surface area contributed by atoms with Gasteiger partial charge in [-0.2, -0.15) is 0 Å². The number of hydrogen-bond acceptors (Lipinski definition) is 5. The number of unbranched alkanes of at least 4 members (excludes halogenated alkanes) is 6. The summed E-state index contributed by atoms with van der Waals surface area (Å²) in [4.78, 5) is 11.5. The highest BCUT2D eigenvalue weighted by atomic mass is 16.5. The largest absolute Gasteiger partial charge is 0.466 e. The van der Waals surface area contributed by atoms with Crippen molar-refractivity contribution in [2.24, 2.45) is 0 Å². The van der Waals surface area contributed by atoms with Gasteiger partial charge in [-0.05, 0) is 19.3 Å². The molecule has 0 fully saturated rings. The smallest absolute Gasteiger partial charge is 0.305 e. The molecule has 0 saturated carbocycles.